The lowest BCUT2D eigenvalue weighted by atomic mass is 9.96. The fourth-order valence-electron chi connectivity index (χ4n) is 3.77. The fraction of sp³-hybridized carbons (Fsp3) is 0.304. The summed E-state index contributed by atoms with van der Waals surface area (Å²) < 4.78 is 47.5. The van der Waals surface area contributed by atoms with Crippen LogP contribution in [0, 0.1) is 6.92 Å². The molecule has 1 aliphatic heterocycles. The summed E-state index contributed by atoms with van der Waals surface area (Å²) in [5.74, 6) is 0.176. The number of nitrogens with zero attached hydrogens (tertiary/aromatic N) is 2. The van der Waals surface area contributed by atoms with Crippen molar-refractivity contribution < 1.29 is 22.7 Å². The lowest BCUT2D eigenvalue weighted by Gasteiger charge is -2.34. The number of anilines is 1. The second-order valence-electron chi connectivity index (χ2n) is 7.78. The van der Waals surface area contributed by atoms with E-state index in [0.29, 0.717) is 11.3 Å². The Morgan fingerprint density at radius 1 is 1.19 bits per heavy atom. The van der Waals surface area contributed by atoms with Gasteiger partial charge in [0.05, 0.1) is 19.3 Å². The van der Waals surface area contributed by atoms with Crippen molar-refractivity contribution in [1.29, 1.82) is 0 Å². The van der Waals surface area contributed by atoms with E-state index in [0.717, 1.165) is 15.8 Å². The molecule has 0 aliphatic carbocycles. The van der Waals surface area contributed by atoms with Crippen molar-refractivity contribution in [2.45, 2.75) is 38.1 Å². The first kappa shape index (κ1) is 21.7. The van der Waals surface area contributed by atoms with E-state index in [-0.39, 0.29) is 24.3 Å². The number of carbonyl (C=O) groups excluding carboxylic acids is 1. The van der Waals surface area contributed by atoms with Crippen molar-refractivity contribution in [2.75, 3.05) is 12.4 Å². The zero-order chi connectivity index (χ0) is 22.9. The van der Waals surface area contributed by atoms with Gasteiger partial charge in [-0.25, -0.2) is 4.68 Å². The number of halogens is 3. The number of aryl methyl sites for hydroxylation is 1. The van der Waals surface area contributed by atoms with Crippen LogP contribution in [-0.4, -0.2) is 29.0 Å². The van der Waals surface area contributed by atoms with Gasteiger partial charge in [0, 0.05) is 13.0 Å². The zero-order valence-electron chi connectivity index (χ0n) is 17.6. The molecule has 4 rings (SSSR count). The number of aromatic nitrogens is 2. The lowest BCUT2D eigenvalue weighted by Crippen LogP contribution is -2.36. The Bertz CT molecular complexity index is 1090. The molecule has 0 fully saturated rings. The number of nitrogens with one attached hydrogen (secondary N) is 2. The summed E-state index contributed by atoms with van der Waals surface area (Å²) in [5.41, 5.74) is 2.73. The Morgan fingerprint density at radius 2 is 1.88 bits per heavy atom. The van der Waals surface area contributed by atoms with Gasteiger partial charge in [-0.1, -0.05) is 42.0 Å². The van der Waals surface area contributed by atoms with E-state index in [1.807, 2.05) is 31.2 Å². The summed E-state index contributed by atoms with van der Waals surface area (Å²) in [6.07, 6.45) is -3.57. The highest BCUT2D eigenvalue weighted by molar-refractivity contribution is 5.98. The molecule has 3 aromatic rings. The van der Waals surface area contributed by atoms with E-state index >= 15 is 0 Å². The van der Waals surface area contributed by atoms with Gasteiger partial charge in [-0.2, -0.15) is 18.3 Å². The maximum atomic E-state index is 13.8. The first-order chi connectivity index (χ1) is 15.3. The van der Waals surface area contributed by atoms with E-state index in [1.165, 1.54) is 13.3 Å². The summed E-state index contributed by atoms with van der Waals surface area (Å²) in [6.45, 7) is 2.22. The topological polar surface area (TPSA) is 68.2 Å². The SMILES string of the molecule is COc1ccc(C2CC(C(F)(F)F)n3ncc(C(=O)NCc4ccc(C)cc4)c3N2)cc1. The summed E-state index contributed by atoms with van der Waals surface area (Å²) in [6, 6.07) is 12.0. The van der Waals surface area contributed by atoms with E-state index in [1.54, 1.807) is 24.3 Å². The second kappa shape index (κ2) is 8.57. The Labute approximate surface area is 183 Å². The maximum Gasteiger partial charge on any atom is 0.410 e. The summed E-state index contributed by atoms with van der Waals surface area (Å²) in [5, 5.41) is 9.75. The molecule has 2 atom stereocenters. The van der Waals surface area contributed by atoms with E-state index in [4.69, 9.17) is 4.74 Å². The molecule has 1 amide bonds. The van der Waals surface area contributed by atoms with Gasteiger partial charge < -0.3 is 15.4 Å². The Hall–Kier alpha value is -3.49. The fourth-order valence-corrected chi connectivity index (χ4v) is 3.77. The largest absolute Gasteiger partial charge is 0.497 e. The van der Waals surface area contributed by atoms with Gasteiger partial charge in [0.15, 0.2) is 6.04 Å². The van der Waals surface area contributed by atoms with Crippen molar-refractivity contribution in [2.24, 2.45) is 0 Å². The van der Waals surface area contributed by atoms with Crippen LogP contribution < -0.4 is 15.4 Å². The molecule has 2 N–H and O–H groups in total. The van der Waals surface area contributed by atoms with Crippen LogP contribution in [0.2, 0.25) is 0 Å². The van der Waals surface area contributed by atoms with Crippen LogP contribution in [0.1, 0.15) is 45.6 Å². The lowest BCUT2D eigenvalue weighted by molar-refractivity contribution is -0.173. The molecular formula is C23H23F3N4O2. The molecule has 0 saturated carbocycles. The number of carbonyl (C=O) groups is 1. The highest BCUT2D eigenvalue weighted by atomic mass is 19.4. The predicted octanol–water partition coefficient (Wildman–Crippen LogP) is 4.79. The molecule has 32 heavy (non-hydrogen) atoms. The Kier molecular flexibility index (Phi) is 5.82. The third-order valence-electron chi connectivity index (χ3n) is 5.57. The zero-order valence-corrected chi connectivity index (χ0v) is 17.6. The third-order valence-corrected chi connectivity index (χ3v) is 5.57. The monoisotopic (exact) mass is 444 g/mol. The number of rotatable bonds is 5. The van der Waals surface area contributed by atoms with Gasteiger partial charge in [0.1, 0.15) is 17.1 Å². The normalized spacial score (nSPS) is 17.9. The molecular weight excluding hydrogens is 421 g/mol. The molecule has 0 spiro atoms. The van der Waals surface area contributed by atoms with Gasteiger partial charge in [-0.3, -0.25) is 4.79 Å². The van der Waals surface area contributed by atoms with Crippen LogP contribution in [0.4, 0.5) is 19.0 Å². The first-order valence-corrected chi connectivity index (χ1v) is 10.1. The minimum atomic E-state index is -4.51. The minimum Gasteiger partial charge on any atom is -0.497 e. The number of hydrogen-bond acceptors (Lipinski definition) is 4. The average molecular weight is 444 g/mol. The molecule has 0 saturated heterocycles. The third kappa shape index (κ3) is 4.42. The highest BCUT2D eigenvalue weighted by Crippen LogP contribution is 2.44. The Balaban J connectivity index is 1.60. The maximum absolute atomic E-state index is 13.8. The molecule has 2 unspecified atom stereocenters. The van der Waals surface area contributed by atoms with Gasteiger partial charge in [0.2, 0.25) is 0 Å². The van der Waals surface area contributed by atoms with Crippen molar-refractivity contribution in [3.05, 3.63) is 77.0 Å². The van der Waals surface area contributed by atoms with Crippen LogP contribution in [0.15, 0.2) is 54.7 Å². The minimum absolute atomic E-state index is 0.0563. The van der Waals surface area contributed by atoms with E-state index in [9.17, 15) is 18.0 Å². The molecule has 1 aliphatic rings. The molecule has 9 heteroatoms. The number of amides is 1. The van der Waals surface area contributed by atoms with Crippen LogP contribution >= 0.6 is 0 Å². The summed E-state index contributed by atoms with van der Waals surface area (Å²) in [4.78, 5) is 12.8. The number of benzene rings is 2. The number of methoxy groups -OCH3 is 1. The number of hydrogen-bond donors (Lipinski definition) is 2. The van der Waals surface area contributed by atoms with Crippen LogP contribution in [0.5, 0.6) is 5.75 Å². The van der Waals surface area contributed by atoms with Gasteiger partial charge >= 0.3 is 6.18 Å². The number of fused-ring (bicyclic) bond motifs is 1. The summed E-state index contributed by atoms with van der Waals surface area (Å²) >= 11 is 0. The predicted molar refractivity (Wildman–Crippen MR) is 114 cm³/mol. The Morgan fingerprint density at radius 3 is 2.50 bits per heavy atom. The van der Waals surface area contributed by atoms with Gasteiger partial charge in [-0.05, 0) is 30.2 Å². The number of ether oxygens (including phenoxy) is 1. The van der Waals surface area contributed by atoms with Crippen molar-refractivity contribution in [3.8, 4) is 5.75 Å². The number of alkyl halides is 3. The van der Waals surface area contributed by atoms with Gasteiger partial charge in [-0.15, -0.1) is 0 Å². The van der Waals surface area contributed by atoms with Crippen LogP contribution in [-0.2, 0) is 6.54 Å². The van der Waals surface area contributed by atoms with Crippen molar-refractivity contribution >= 4 is 11.7 Å². The smallest absolute Gasteiger partial charge is 0.410 e. The van der Waals surface area contributed by atoms with Crippen LogP contribution in [0.25, 0.3) is 0 Å². The first-order valence-electron chi connectivity index (χ1n) is 10.1. The molecule has 0 radical (unpaired) electrons. The van der Waals surface area contributed by atoms with Crippen LogP contribution in [0.3, 0.4) is 0 Å². The molecule has 2 aromatic carbocycles. The standard InChI is InChI=1S/C23H23F3N4O2/c1-14-3-5-15(6-4-14)12-27-22(31)18-13-28-30-20(23(24,25)26)11-19(29-21(18)30)16-7-9-17(32-2)10-8-16/h3-10,13,19-20,29H,11-12H2,1-2H3,(H,27,31). The van der Waals surface area contributed by atoms with Gasteiger partial charge in [0.25, 0.3) is 5.91 Å². The molecule has 168 valence electrons. The molecule has 0 bridgehead atoms. The average Bonchev–Trinajstić information content (AvgIpc) is 3.21. The van der Waals surface area contributed by atoms with E-state index in [2.05, 4.69) is 15.7 Å². The van der Waals surface area contributed by atoms with Crippen molar-refractivity contribution in [1.82, 2.24) is 15.1 Å². The summed E-state index contributed by atoms with van der Waals surface area (Å²) in [7, 11) is 1.52. The highest BCUT2D eigenvalue weighted by Gasteiger charge is 2.47. The quantitative estimate of drug-likeness (QED) is 0.594. The van der Waals surface area contributed by atoms with E-state index < -0.39 is 24.2 Å². The molecule has 6 nitrogen and oxygen atoms in total. The second-order valence-corrected chi connectivity index (χ2v) is 7.78. The molecule has 2 heterocycles. The van der Waals surface area contributed by atoms with Crippen molar-refractivity contribution in [3.63, 3.8) is 0 Å². The molecule has 1 aromatic heterocycles.